The van der Waals surface area contributed by atoms with Crippen molar-refractivity contribution in [3.8, 4) is 0 Å². The highest BCUT2D eigenvalue weighted by Gasteiger charge is 2.20. The number of ether oxygens (including phenoxy) is 1. The summed E-state index contributed by atoms with van der Waals surface area (Å²) in [6, 6.07) is 0.455. The van der Waals surface area contributed by atoms with Gasteiger partial charge in [0, 0.05) is 11.4 Å². The summed E-state index contributed by atoms with van der Waals surface area (Å²) in [7, 11) is 0. The number of aromatic nitrogens is 1. The van der Waals surface area contributed by atoms with Gasteiger partial charge in [0.15, 0.2) is 5.13 Å². The van der Waals surface area contributed by atoms with Crippen molar-refractivity contribution in [1.29, 1.82) is 0 Å². The molecule has 0 saturated heterocycles. The Bertz CT molecular complexity index is 427. The lowest BCUT2D eigenvalue weighted by Gasteiger charge is -2.28. The number of hydrogen-bond acceptors (Lipinski definition) is 5. The SMILES string of the molecule is CCOC(=O)Cc1csc(NC(C)C2CCCCC2)n1. The summed E-state index contributed by atoms with van der Waals surface area (Å²) >= 11 is 1.57. The van der Waals surface area contributed by atoms with Gasteiger partial charge in [-0.25, -0.2) is 4.98 Å². The van der Waals surface area contributed by atoms with E-state index >= 15 is 0 Å². The highest BCUT2D eigenvalue weighted by atomic mass is 32.1. The van der Waals surface area contributed by atoms with E-state index in [4.69, 9.17) is 4.74 Å². The molecule has 0 spiro atoms. The number of thiazole rings is 1. The first-order chi connectivity index (χ1) is 9.69. The van der Waals surface area contributed by atoms with Crippen LogP contribution < -0.4 is 5.32 Å². The second-order valence-electron chi connectivity index (χ2n) is 5.46. The van der Waals surface area contributed by atoms with Crippen molar-refractivity contribution in [3.05, 3.63) is 11.1 Å². The molecular weight excluding hydrogens is 272 g/mol. The zero-order valence-electron chi connectivity index (χ0n) is 12.4. The van der Waals surface area contributed by atoms with E-state index in [-0.39, 0.29) is 12.4 Å². The highest BCUT2D eigenvalue weighted by Crippen LogP contribution is 2.28. The molecule has 1 heterocycles. The van der Waals surface area contributed by atoms with Crippen LogP contribution in [0.4, 0.5) is 5.13 Å². The second-order valence-corrected chi connectivity index (χ2v) is 6.31. The summed E-state index contributed by atoms with van der Waals surface area (Å²) in [5.74, 6) is 0.547. The van der Waals surface area contributed by atoms with Gasteiger partial charge in [-0.3, -0.25) is 4.79 Å². The van der Waals surface area contributed by atoms with Crippen molar-refractivity contribution in [2.24, 2.45) is 5.92 Å². The standard InChI is InChI=1S/C15H24N2O2S/c1-3-19-14(18)9-13-10-20-15(17-13)16-11(2)12-7-5-4-6-8-12/h10-12H,3-9H2,1-2H3,(H,16,17). The summed E-state index contributed by atoms with van der Waals surface area (Å²) in [6.45, 7) is 4.48. The van der Waals surface area contributed by atoms with E-state index in [1.54, 1.807) is 11.3 Å². The number of nitrogens with one attached hydrogen (secondary N) is 1. The van der Waals surface area contributed by atoms with Crippen molar-refractivity contribution in [2.45, 2.75) is 58.4 Å². The van der Waals surface area contributed by atoms with Crippen LogP contribution >= 0.6 is 11.3 Å². The summed E-state index contributed by atoms with van der Waals surface area (Å²) in [5.41, 5.74) is 0.798. The Labute approximate surface area is 124 Å². The number of esters is 1. The third-order valence-corrected chi connectivity index (χ3v) is 4.71. The Morgan fingerprint density at radius 3 is 2.95 bits per heavy atom. The lowest BCUT2D eigenvalue weighted by atomic mass is 9.85. The van der Waals surface area contributed by atoms with E-state index in [0.29, 0.717) is 12.6 Å². The van der Waals surface area contributed by atoms with E-state index < -0.39 is 0 Å². The van der Waals surface area contributed by atoms with Crippen LogP contribution in [0.25, 0.3) is 0 Å². The lowest BCUT2D eigenvalue weighted by molar-refractivity contribution is -0.142. The van der Waals surface area contributed by atoms with Gasteiger partial charge in [0.25, 0.3) is 0 Å². The van der Waals surface area contributed by atoms with E-state index in [0.717, 1.165) is 16.7 Å². The summed E-state index contributed by atoms with van der Waals surface area (Å²) < 4.78 is 4.94. The molecule has 1 aromatic heterocycles. The molecule has 0 aliphatic heterocycles. The van der Waals surface area contributed by atoms with Crippen LogP contribution in [-0.4, -0.2) is 23.6 Å². The molecule has 2 rings (SSSR count). The minimum Gasteiger partial charge on any atom is -0.466 e. The molecule has 5 heteroatoms. The molecule has 1 aromatic rings. The molecule has 1 aliphatic rings. The first kappa shape index (κ1) is 15.3. The molecule has 1 saturated carbocycles. The quantitative estimate of drug-likeness (QED) is 0.814. The molecule has 0 aromatic carbocycles. The third kappa shape index (κ3) is 4.47. The lowest BCUT2D eigenvalue weighted by Crippen LogP contribution is -2.27. The Kier molecular flexibility index (Phi) is 5.83. The van der Waals surface area contributed by atoms with Crippen LogP contribution in [0.5, 0.6) is 0 Å². The molecule has 4 nitrogen and oxygen atoms in total. The molecule has 0 amide bonds. The van der Waals surface area contributed by atoms with Gasteiger partial charge >= 0.3 is 5.97 Å². The monoisotopic (exact) mass is 296 g/mol. The summed E-state index contributed by atoms with van der Waals surface area (Å²) in [4.78, 5) is 15.9. The maximum atomic E-state index is 11.4. The molecule has 112 valence electrons. The zero-order valence-corrected chi connectivity index (χ0v) is 13.2. The van der Waals surface area contributed by atoms with Crippen LogP contribution in [0.15, 0.2) is 5.38 Å². The smallest absolute Gasteiger partial charge is 0.311 e. The second kappa shape index (κ2) is 7.62. The molecule has 0 radical (unpaired) electrons. The van der Waals surface area contributed by atoms with Crippen LogP contribution in [0.3, 0.4) is 0 Å². The fraction of sp³-hybridized carbons (Fsp3) is 0.733. The van der Waals surface area contributed by atoms with Crippen molar-refractivity contribution in [3.63, 3.8) is 0 Å². The Morgan fingerprint density at radius 2 is 2.25 bits per heavy atom. The minimum absolute atomic E-state index is 0.204. The number of anilines is 1. The van der Waals surface area contributed by atoms with Gasteiger partial charge in [-0.1, -0.05) is 19.3 Å². The van der Waals surface area contributed by atoms with E-state index in [9.17, 15) is 4.79 Å². The number of carbonyl (C=O) groups excluding carboxylic acids is 1. The molecule has 1 unspecified atom stereocenters. The molecule has 1 aliphatic carbocycles. The van der Waals surface area contributed by atoms with Gasteiger partial charge < -0.3 is 10.1 Å². The van der Waals surface area contributed by atoms with E-state index in [1.165, 1.54) is 32.1 Å². The minimum atomic E-state index is -0.204. The molecule has 1 fully saturated rings. The number of hydrogen-bond donors (Lipinski definition) is 1. The fourth-order valence-corrected chi connectivity index (χ4v) is 3.57. The predicted molar refractivity (Wildman–Crippen MR) is 82.1 cm³/mol. The highest BCUT2D eigenvalue weighted by molar-refractivity contribution is 7.13. The van der Waals surface area contributed by atoms with Gasteiger partial charge in [-0.2, -0.15) is 0 Å². The van der Waals surface area contributed by atoms with Crippen molar-refractivity contribution < 1.29 is 9.53 Å². The molecule has 1 atom stereocenters. The molecule has 1 N–H and O–H groups in total. The first-order valence-electron chi connectivity index (χ1n) is 7.55. The summed E-state index contributed by atoms with van der Waals surface area (Å²) in [5, 5.41) is 6.35. The average Bonchev–Trinajstić information content (AvgIpc) is 2.87. The van der Waals surface area contributed by atoms with Crippen LogP contribution in [0.2, 0.25) is 0 Å². The van der Waals surface area contributed by atoms with Gasteiger partial charge in [-0.15, -0.1) is 11.3 Å². The predicted octanol–water partition coefficient (Wildman–Crippen LogP) is 3.63. The number of nitrogens with zero attached hydrogens (tertiary/aromatic N) is 1. The Morgan fingerprint density at radius 1 is 1.50 bits per heavy atom. The van der Waals surface area contributed by atoms with E-state index in [1.807, 2.05) is 12.3 Å². The zero-order chi connectivity index (χ0) is 14.4. The first-order valence-corrected chi connectivity index (χ1v) is 8.43. The Balaban J connectivity index is 1.83. The van der Waals surface area contributed by atoms with Crippen LogP contribution in [-0.2, 0) is 16.0 Å². The van der Waals surface area contributed by atoms with Crippen LogP contribution in [0, 0.1) is 5.92 Å². The van der Waals surface area contributed by atoms with Crippen molar-refractivity contribution in [2.75, 3.05) is 11.9 Å². The molecule has 20 heavy (non-hydrogen) atoms. The van der Waals surface area contributed by atoms with Gasteiger partial charge in [0.1, 0.15) is 0 Å². The Hall–Kier alpha value is -1.10. The van der Waals surface area contributed by atoms with Crippen molar-refractivity contribution in [1.82, 2.24) is 4.98 Å². The maximum absolute atomic E-state index is 11.4. The largest absolute Gasteiger partial charge is 0.466 e. The van der Waals surface area contributed by atoms with Gasteiger partial charge in [0.05, 0.1) is 18.7 Å². The van der Waals surface area contributed by atoms with E-state index in [2.05, 4.69) is 17.2 Å². The topological polar surface area (TPSA) is 51.2 Å². The third-order valence-electron chi connectivity index (χ3n) is 3.89. The number of carbonyl (C=O) groups is 1. The molecule has 0 bridgehead atoms. The normalized spacial score (nSPS) is 17.7. The number of rotatable bonds is 6. The average molecular weight is 296 g/mol. The molecular formula is C15H24N2O2S. The fourth-order valence-electron chi connectivity index (χ4n) is 2.76. The van der Waals surface area contributed by atoms with Crippen molar-refractivity contribution >= 4 is 22.4 Å². The van der Waals surface area contributed by atoms with Gasteiger partial charge in [-0.05, 0) is 32.6 Å². The van der Waals surface area contributed by atoms with Gasteiger partial charge in [0.2, 0.25) is 0 Å². The summed E-state index contributed by atoms with van der Waals surface area (Å²) in [6.07, 6.45) is 6.98. The van der Waals surface area contributed by atoms with Crippen LogP contribution in [0.1, 0.15) is 51.6 Å². The maximum Gasteiger partial charge on any atom is 0.311 e.